The van der Waals surface area contributed by atoms with Crippen molar-refractivity contribution in [1.82, 2.24) is 25.1 Å². The minimum atomic E-state index is -0.0695. The highest BCUT2D eigenvalue weighted by molar-refractivity contribution is 7.22. The van der Waals surface area contributed by atoms with Crippen LogP contribution in [0.15, 0.2) is 17.1 Å². The van der Waals surface area contributed by atoms with Gasteiger partial charge in [0.05, 0.1) is 24.9 Å². The highest BCUT2D eigenvalue weighted by Gasteiger charge is 2.25. The summed E-state index contributed by atoms with van der Waals surface area (Å²) in [5.74, 6) is 0.716. The van der Waals surface area contributed by atoms with Crippen molar-refractivity contribution >= 4 is 21.6 Å². The largest absolute Gasteiger partial charge is 0.383 e. The Balaban J connectivity index is 1.65. The third-order valence-electron chi connectivity index (χ3n) is 4.74. The first-order chi connectivity index (χ1) is 12.2. The molecule has 3 aromatic heterocycles. The zero-order valence-electron chi connectivity index (χ0n) is 14.3. The van der Waals surface area contributed by atoms with E-state index in [-0.39, 0.29) is 5.56 Å². The Morgan fingerprint density at radius 1 is 1.48 bits per heavy atom. The van der Waals surface area contributed by atoms with Gasteiger partial charge in [-0.2, -0.15) is 5.10 Å². The van der Waals surface area contributed by atoms with E-state index in [0.717, 1.165) is 47.6 Å². The van der Waals surface area contributed by atoms with Crippen molar-refractivity contribution in [2.45, 2.75) is 32.4 Å². The monoisotopic (exact) mass is 359 g/mol. The molecule has 0 saturated carbocycles. The number of hydrogen-bond donors (Lipinski definition) is 2. The zero-order chi connectivity index (χ0) is 17.4. The summed E-state index contributed by atoms with van der Waals surface area (Å²) in [4.78, 5) is 23.5. The smallest absolute Gasteiger partial charge is 0.268 e. The Bertz CT molecular complexity index is 944. The number of methoxy groups -OCH3 is 1. The summed E-state index contributed by atoms with van der Waals surface area (Å²) < 4.78 is 5.96. The number of nitrogens with one attached hydrogen (secondary N) is 2. The number of aromatic nitrogens is 4. The van der Waals surface area contributed by atoms with E-state index in [1.54, 1.807) is 13.3 Å². The van der Waals surface area contributed by atoms with E-state index in [9.17, 15) is 4.79 Å². The van der Waals surface area contributed by atoms with Gasteiger partial charge in [-0.15, -0.1) is 11.3 Å². The quantitative estimate of drug-likeness (QED) is 0.730. The number of rotatable bonds is 5. The molecule has 132 valence electrons. The third-order valence-corrected chi connectivity index (χ3v) is 5.89. The van der Waals surface area contributed by atoms with Gasteiger partial charge in [-0.3, -0.25) is 14.8 Å². The SMILES string of the molecule is COCC1CCCN1Cc1nc2cc(-c3cn[nH]c3C)sc2c(=O)[nH]1. The van der Waals surface area contributed by atoms with E-state index in [2.05, 4.69) is 20.1 Å². The van der Waals surface area contributed by atoms with E-state index in [1.165, 1.54) is 11.3 Å². The minimum absolute atomic E-state index is 0.0695. The van der Waals surface area contributed by atoms with Crippen LogP contribution in [0.4, 0.5) is 0 Å². The molecule has 7 nitrogen and oxygen atoms in total. The summed E-state index contributed by atoms with van der Waals surface area (Å²) >= 11 is 1.46. The lowest BCUT2D eigenvalue weighted by Crippen LogP contribution is -2.33. The fraction of sp³-hybridized carbons (Fsp3) is 0.471. The van der Waals surface area contributed by atoms with Crippen LogP contribution < -0.4 is 5.56 Å². The van der Waals surface area contributed by atoms with Crippen LogP contribution in [0.25, 0.3) is 20.7 Å². The van der Waals surface area contributed by atoms with Crippen LogP contribution in [-0.4, -0.2) is 51.4 Å². The second kappa shape index (κ2) is 6.70. The number of nitrogens with zero attached hydrogens (tertiary/aromatic N) is 3. The summed E-state index contributed by atoms with van der Waals surface area (Å²) in [6.45, 7) is 4.35. The predicted molar refractivity (Wildman–Crippen MR) is 97.9 cm³/mol. The molecule has 1 fully saturated rings. The van der Waals surface area contributed by atoms with E-state index in [0.29, 0.717) is 23.1 Å². The second-order valence-corrected chi connectivity index (χ2v) is 7.52. The van der Waals surface area contributed by atoms with E-state index in [4.69, 9.17) is 9.72 Å². The van der Waals surface area contributed by atoms with Crippen molar-refractivity contribution in [2.24, 2.45) is 0 Å². The number of likely N-dealkylation sites (tertiary alicyclic amines) is 1. The van der Waals surface area contributed by atoms with Crippen LogP contribution in [-0.2, 0) is 11.3 Å². The highest BCUT2D eigenvalue weighted by atomic mass is 32.1. The molecule has 1 aliphatic rings. The summed E-state index contributed by atoms with van der Waals surface area (Å²) in [5.41, 5.74) is 2.69. The summed E-state index contributed by atoms with van der Waals surface area (Å²) in [5, 5.41) is 6.99. The van der Waals surface area contributed by atoms with Crippen molar-refractivity contribution in [2.75, 3.05) is 20.3 Å². The van der Waals surface area contributed by atoms with Crippen molar-refractivity contribution < 1.29 is 4.74 Å². The molecule has 1 saturated heterocycles. The average Bonchev–Trinajstić information content (AvgIpc) is 3.28. The molecule has 0 aromatic carbocycles. The fourth-order valence-electron chi connectivity index (χ4n) is 3.47. The van der Waals surface area contributed by atoms with Crippen molar-refractivity contribution in [3.63, 3.8) is 0 Å². The molecular weight excluding hydrogens is 338 g/mol. The van der Waals surface area contributed by atoms with Gasteiger partial charge in [0.1, 0.15) is 10.5 Å². The van der Waals surface area contributed by atoms with Gasteiger partial charge in [0.15, 0.2) is 0 Å². The van der Waals surface area contributed by atoms with Gasteiger partial charge in [0.25, 0.3) is 5.56 Å². The molecule has 3 aromatic rings. The van der Waals surface area contributed by atoms with Gasteiger partial charge < -0.3 is 9.72 Å². The average molecular weight is 359 g/mol. The van der Waals surface area contributed by atoms with E-state index < -0.39 is 0 Å². The van der Waals surface area contributed by atoms with E-state index in [1.807, 2.05) is 13.0 Å². The standard InChI is InChI=1S/C17H21N5O2S/c1-10-12(7-18-21-10)14-6-13-16(25-14)17(23)20-15(19-13)8-22-5-3-4-11(22)9-24-2/h6-7,11H,3-5,8-9H2,1-2H3,(H,18,21)(H,19,20,23). The zero-order valence-corrected chi connectivity index (χ0v) is 15.2. The lowest BCUT2D eigenvalue weighted by Gasteiger charge is -2.22. The van der Waals surface area contributed by atoms with Gasteiger partial charge in [-0.25, -0.2) is 4.98 Å². The second-order valence-electron chi connectivity index (χ2n) is 6.47. The van der Waals surface area contributed by atoms with Crippen LogP contribution in [0.5, 0.6) is 0 Å². The summed E-state index contributed by atoms with van der Waals surface area (Å²) in [6, 6.07) is 2.38. The fourth-order valence-corrected chi connectivity index (χ4v) is 4.53. The van der Waals surface area contributed by atoms with Gasteiger partial charge in [-0.05, 0) is 32.4 Å². The molecular formula is C17H21N5O2S. The first kappa shape index (κ1) is 16.4. The number of ether oxygens (including phenoxy) is 1. The molecule has 0 spiro atoms. The van der Waals surface area contributed by atoms with Crippen LogP contribution in [0.2, 0.25) is 0 Å². The normalized spacial score (nSPS) is 18.4. The number of aromatic amines is 2. The molecule has 2 N–H and O–H groups in total. The van der Waals surface area contributed by atoms with Crippen LogP contribution >= 0.6 is 11.3 Å². The Hall–Kier alpha value is -2.03. The molecule has 4 rings (SSSR count). The first-order valence-electron chi connectivity index (χ1n) is 8.42. The molecule has 0 aliphatic carbocycles. The third kappa shape index (κ3) is 3.12. The predicted octanol–water partition coefficient (Wildman–Crippen LogP) is 2.29. The van der Waals surface area contributed by atoms with Crippen molar-refractivity contribution in [3.05, 3.63) is 34.1 Å². The Morgan fingerprint density at radius 2 is 2.36 bits per heavy atom. The number of thiophene rings is 1. The number of aryl methyl sites for hydroxylation is 1. The molecule has 8 heteroatoms. The Morgan fingerprint density at radius 3 is 3.12 bits per heavy atom. The van der Waals surface area contributed by atoms with E-state index >= 15 is 0 Å². The van der Waals surface area contributed by atoms with Crippen LogP contribution in [0.1, 0.15) is 24.4 Å². The molecule has 0 bridgehead atoms. The highest BCUT2D eigenvalue weighted by Crippen LogP contribution is 2.32. The maximum absolute atomic E-state index is 12.5. The molecule has 25 heavy (non-hydrogen) atoms. The maximum Gasteiger partial charge on any atom is 0.268 e. The van der Waals surface area contributed by atoms with Gasteiger partial charge in [-0.1, -0.05) is 0 Å². The molecule has 0 radical (unpaired) electrons. The minimum Gasteiger partial charge on any atom is -0.383 e. The van der Waals surface area contributed by atoms with Gasteiger partial charge in [0.2, 0.25) is 0 Å². The number of H-pyrrole nitrogens is 2. The van der Waals surface area contributed by atoms with Gasteiger partial charge in [0, 0.05) is 29.3 Å². The molecule has 1 atom stereocenters. The van der Waals surface area contributed by atoms with Gasteiger partial charge >= 0.3 is 0 Å². The first-order valence-corrected chi connectivity index (χ1v) is 9.23. The lowest BCUT2D eigenvalue weighted by atomic mass is 10.2. The Kier molecular flexibility index (Phi) is 4.41. The maximum atomic E-state index is 12.5. The Labute approximate surface area is 149 Å². The lowest BCUT2D eigenvalue weighted by molar-refractivity contribution is 0.110. The molecule has 1 aliphatic heterocycles. The summed E-state index contributed by atoms with van der Waals surface area (Å²) in [7, 11) is 1.73. The molecule has 1 unspecified atom stereocenters. The number of fused-ring (bicyclic) bond motifs is 1. The molecule has 0 amide bonds. The van der Waals surface area contributed by atoms with Crippen LogP contribution in [0.3, 0.4) is 0 Å². The van der Waals surface area contributed by atoms with Crippen molar-refractivity contribution in [3.8, 4) is 10.4 Å². The summed E-state index contributed by atoms with van der Waals surface area (Å²) in [6.07, 6.45) is 4.07. The van der Waals surface area contributed by atoms with Crippen molar-refractivity contribution in [1.29, 1.82) is 0 Å². The van der Waals surface area contributed by atoms with Crippen LogP contribution in [0, 0.1) is 6.92 Å². The molecule has 4 heterocycles. The number of hydrogen-bond acceptors (Lipinski definition) is 6. The topological polar surface area (TPSA) is 86.9 Å².